The number of hydrogen-bond donors (Lipinski definition) is 1. The molecule has 1 aromatic carbocycles. The van der Waals surface area contributed by atoms with Crippen LogP contribution in [0.4, 0.5) is 0 Å². The summed E-state index contributed by atoms with van der Waals surface area (Å²) in [6.45, 7) is 3.89. The summed E-state index contributed by atoms with van der Waals surface area (Å²) in [6, 6.07) is 4.88. The summed E-state index contributed by atoms with van der Waals surface area (Å²) in [5.41, 5.74) is 1.44. The molecule has 1 saturated heterocycles. The molecule has 0 radical (unpaired) electrons. The molecule has 0 spiro atoms. The third kappa shape index (κ3) is 2.74. The summed E-state index contributed by atoms with van der Waals surface area (Å²) in [4.78, 5) is 41.2. The second kappa shape index (κ2) is 5.67. The monoisotopic (exact) mass is 303 g/mol. The van der Waals surface area contributed by atoms with Crippen molar-refractivity contribution in [3.63, 3.8) is 0 Å². The van der Waals surface area contributed by atoms with E-state index in [9.17, 15) is 14.4 Å². The number of benzene rings is 1. The summed E-state index contributed by atoms with van der Waals surface area (Å²) in [5, 5.41) is 0. The van der Waals surface area contributed by atoms with Crippen molar-refractivity contribution in [2.45, 2.75) is 13.3 Å². The fourth-order valence-electron chi connectivity index (χ4n) is 2.70. The first-order valence-corrected chi connectivity index (χ1v) is 7.22. The van der Waals surface area contributed by atoms with E-state index in [0.717, 1.165) is 6.42 Å². The van der Waals surface area contributed by atoms with Crippen LogP contribution in [0, 0.1) is 0 Å². The molecule has 0 aliphatic carbocycles. The van der Waals surface area contributed by atoms with Gasteiger partial charge in [-0.1, -0.05) is 0 Å². The predicted octanol–water partition coefficient (Wildman–Crippen LogP) is 0.816. The summed E-state index contributed by atoms with van der Waals surface area (Å²) >= 11 is 0. The first-order valence-electron chi connectivity index (χ1n) is 7.22. The van der Waals surface area contributed by atoms with Gasteiger partial charge in [-0.25, -0.2) is 4.79 Å². The lowest BCUT2D eigenvalue weighted by molar-refractivity contribution is -0.128. The number of oxazole rings is 1. The highest BCUT2D eigenvalue weighted by Crippen LogP contribution is 2.15. The van der Waals surface area contributed by atoms with Crippen LogP contribution in [-0.2, 0) is 4.79 Å². The van der Waals surface area contributed by atoms with Crippen LogP contribution in [-0.4, -0.2) is 52.8 Å². The van der Waals surface area contributed by atoms with Crippen LogP contribution in [0.1, 0.15) is 23.7 Å². The fourth-order valence-corrected chi connectivity index (χ4v) is 2.70. The van der Waals surface area contributed by atoms with Gasteiger partial charge in [0.2, 0.25) is 5.91 Å². The van der Waals surface area contributed by atoms with Crippen molar-refractivity contribution in [1.82, 2.24) is 14.8 Å². The number of nitrogens with one attached hydrogen (secondary N) is 1. The number of aromatic amines is 1. The van der Waals surface area contributed by atoms with Crippen LogP contribution in [0.25, 0.3) is 11.1 Å². The number of nitrogens with zero attached hydrogens (tertiary/aromatic N) is 2. The number of H-pyrrole nitrogens is 1. The van der Waals surface area contributed by atoms with Crippen molar-refractivity contribution >= 4 is 22.9 Å². The Morgan fingerprint density at radius 2 is 1.86 bits per heavy atom. The van der Waals surface area contributed by atoms with Gasteiger partial charge in [0.1, 0.15) is 0 Å². The zero-order valence-electron chi connectivity index (χ0n) is 12.3. The van der Waals surface area contributed by atoms with E-state index in [2.05, 4.69) is 4.98 Å². The maximum absolute atomic E-state index is 12.6. The molecule has 7 heteroatoms. The largest absolute Gasteiger partial charge is 0.417 e. The summed E-state index contributed by atoms with van der Waals surface area (Å²) in [6.07, 6.45) is 0.760. The van der Waals surface area contributed by atoms with Crippen molar-refractivity contribution < 1.29 is 14.0 Å². The Morgan fingerprint density at radius 3 is 2.64 bits per heavy atom. The maximum atomic E-state index is 12.6. The lowest BCUT2D eigenvalue weighted by Gasteiger charge is -2.21. The Balaban J connectivity index is 1.79. The molecule has 0 saturated carbocycles. The Labute approximate surface area is 126 Å². The number of aromatic nitrogens is 1. The van der Waals surface area contributed by atoms with Gasteiger partial charge in [0.05, 0.1) is 5.52 Å². The lowest BCUT2D eigenvalue weighted by Crippen LogP contribution is -2.36. The van der Waals surface area contributed by atoms with Gasteiger partial charge in [-0.05, 0) is 24.6 Å². The van der Waals surface area contributed by atoms with Gasteiger partial charge >= 0.3 is 5.76 Å². The highest BCUT2D eigenvalue weighted by Gasteiger charge is 2.21. The SMILES string of the molecule is CC(=O)N1CCCN(C(=O)c2ccc3oc(=O)[nH]c3c2)CC1. The molecule has 3 rings (SSSR count). The average molecular weight is 303 g/mol. The highest BCUT2D eigenvalue weighted by molar-refractivity contribution is 5.97. The molecule has 0 atom stereocenters. The van der Waals surface area contributed by atoms with Gasteiger partial charge in [-0.15, -0.1) is 0 Å². The second-order valence-corrected chi connectivity index (χ2v) is 5.38. The van der Waals surface area contributed by atoms with E-state index in [4.69, 9.17) is 4.42 Å². The predicted molar refractivity (Wildman–Crippen MR) is 79.6 cm³/mol. The van der Waals surface area contributed by atoms with Gasteiger partial charge in [0, 0.05) is 38.7 Å². The smallest absolute Gasteiger partial charge is 0.408 e. The maximum Gasteiger partial charge on any atom is 0.417 e. The first kappa shape index (κ1) is 14.4. The number of amides is 2. The molecular weight excluding hydrogens is 286 g/mol. The zero-order valence-corrected chi connectivity index (χ0v) is 12.3. The normalized spacial score (nSPS) is 15.9. The van der Waals surface area contributed by atoms with Crippen LogP contribution in [0.5, 0.6) is 0 Å². The molecule has 1 aliphatic heterocycles. The lowest BCUT2D eigenvalue weighted by atomic mass is 10.1. The fraction of sp³-hybridized carbons (Fsp3) is 0.400. The Bertz CT molecular complexity index is 776. The minimum atomic E-state index is -0.536. The molecule has 1 N–H and O–H groups in total. The number of carbonyl (C=O) groups is 2. The summed E-state index contributed by atoms with van der Waals surface area (Å²) in [5.74, 6) is -0.604. The topological polar surface area (TPSA) is 86.6 Å². The minimum absolute atomic E-state index is 0.0340. The van der Waals surface area contributed by atoms with Crippen LogP contribution in [0.2, 0.25) is 0 Å². The third-order valence-corrected chi connectivity index (χ3v) is 3.89. The number of carbonyl (C=O) groups excluding carboxylic acids is 2. The van der Waals surface area contributed by atoms with E-state index in [1.54, 1.807) is 34.9 Å². The summed E-state index contributed by atoms with van der Waals surface area (Å²) in [7, 11) is 0. The van der Waals surface area contributed by atoms with Crippen LogP contribution < -0.4 is 5.76 Å². The van der Waals surface area contributed by atoms with E-state index in [-0.39, 0.29) is 11.8 Å². The molecule has 116 valence electrons. The van der Waals surface area contributed by atoms with E-state index >= 15 is 0 Å². The molecule has 1 aromatic heterocycles. The van der Waals surface area contributed by atoms with E-state index in [1.807, 2.05) is 0 Å². The number of fused-ring (bicyclic) bond motifs is 1. The van der Waals surface area contributed by atoms with Crippen LogP contribution in [0.15, 0.2) is 27.4 Å². The molecule has 0 bridgehead atoms. The van der Waals surface area contributed by atoms with Crippen molar-refractivity contribution in [2.75, 3.05) is 26.2 Å². The molecule has 1 aliphatic rings. The Kier molecular flexibility index (Phi) is 3.70. The first-order chi connectivity index (χ1) is 10.5. The van der Waals surface area contributed by atoms with Gasteiger partial charge < -0.3 is 14.2 Å². The van der Waals surface area contributed by atoms with Crippen molar-refractivity contribution in [2.24, 2.45) is 0 Å². The molecule has 2 amide bonds. The number of rotatable bonds is 1. The van der Waals surface area contributed by atoms with E-state index in [0.29, 0.717) is 42.8 Å². The molecule has 22 heavy (non-hydrogen) atoms. The molecule has 7 nitrogen and oxygen atoms in total. The Morgan fingerprint density at radius 1 is 1.14 bits per heavy atom. The van der Waals surface area contributed by atoms with Gasteiger partial charge in [0.25, 0.3) is 5.91 Å². The molecule has 2 heterocycles. The molecule has 2 aromatic rings. The Hall–Kier alpha value is -2.57. The van der Waals surface area contributed by atoms with Crippen molar-refractivity contribution in [1.29, 1.82) is 0 Å². The van der Waals surface area contributed by atoms with Crippen molar-refractivity contribution in [3.8, 4) is 0 Å². The molecule has 1 fully saturated rings. The van der Waals surface area contributed by atoms with E-state index < -0.39 is 5.76 Å². The zero-order chi connectivity index (χ0) is 15.7. The van der Waals surface area contributed by atoms with Gasteiger partial charge in [-0.2, -0.15) is 0 Å². The molecular formula is C15H17N3O4. The quantitative estimate of drug-likeness (QED) is 0.845. The van der Waals surface area contributed by atoms with Gasteiger partial charge in [0.15, 0.2) is 5.58 Å². The van der Waals surface area contributed by atoms with E-state index in [1.165, 1.54) is 0 Å². The van der Waals surface area contributed by atoms with Crippen LogP contribution >= 0.6 is 0 Å². The summed E-state index contributed by atoms with van der Waals surface area (Å²) < 4.78 is 4.93. The highest BCUT2D eigenvalue weighted by atomic mass is 16.4. The standard InChI is InChI=1S/C15H17N3O4/c1-10(19)17-5-2-6-18(8-7-17)14(20)11-3-4-13-12(9-11)16-15(21)22-13/h3-4,9H,2,5-8H2,1H3,(H,16,21). The van der Waals surface area contributed by atoms with Crippen LogP contribution in [0.3, 0.4) is 0 Å². The average Bonchev–Trinajstić information content (AvgIpc) is 2.70. The minimum Gasteiger partial charge on any atom is -0.408 e. The molecule has 0 unspecified atom stereocenters. The number of hydrogen-bond acceptors (Lipinski definition) is 4. The van der Waals surface area contributed by atoms with Gasteiger partial charge in [-0.3, -0.25) is 14.6 Å². The second-order valence-electron chi connectivity index (χ2n) is 5.38. The third-order valence-electron chi connectivity index (χ3n) is 3.89. The van der Waals surface area contributed by atoms with Crippen molar-refractivity contribution in [3.05, 3.63) is 34.3 Å².